The second kappa shape index (κ2) is 9.34. The van der Waals surface area contributed by atoms with Gasteiger partial charge in [0, 0.05) is 25.3 Å². The first-order chi connectivity index (χ1) is 12.8. The molecule has 27 heavy (non-hydrogen) atoms. The predicted molar refractivity (Wildman–Crippen MR) is 106 cm³/mol. The van der Waals surface area contributed by atoms with Crippen LogP contribution < -0.4 is 5.32 Å². The van der Waals surface area contributed by atoms with E-state index in [1.165, 1.54) is 22.1 Å². The van der Waals surface area contributed by atoms with Gasteiger partial charge in [-0.15, -0.1) is 10.2 Å². The molecule has 0 saturated carbocycles. The van der Waals surface area contributed by atoms with Crippen molar-refractivity contribution < 1.29 is 13.2 Å². The number of sulfonamides is 1. The van der Waals surface area contributed by atoms with Gasteiger partial charge in [-0.1, -0.05) is 31.7 Å². The highest BCUT2D eigenvalue weighted by atomic mass is 32.2. The first-order valence-electron chi connectivity index (χ1n) is 8.74. The van der Waals surface area contributed by atoms with E-state index in [2.05, 4.69) is 15.5 Å². The first kappa shape index (κ1) is 21.4. The summed E-state index contributed by atoms with van der Waals surface area (Å²) in [6.45, 7) is 8.82. The average molecular weight is 412 g/mol. The Labute approximate surface area is 164 Å². The molecule has 1 heterocycles. The molecule has 0 radical (unpaired) electrons. The summed E-state index contributed by atoms with van der Waals surface area (Å²) in [6.07, 6.45) is 1.62. The minimum absolute atomic E-state index is 0.157. The maximum Gasteiger partial charge on any atom is 0.243 e. The van der Waals surface area contributed by atoms with E-state index < -0.39 is 10.0 Å². The smallest absolute Gasteiger partial charge is 0.243 e. The van der Waals surface area contributed by atoms with Crippen LogP contribution in [0.4, 0.5) is 5.69 Å². The van der Waals surface area contributed by atoms with Crippen LogP contribution in [-0.4, -0.2) is 52.2 Å². The van der Waals surface area contributed by atoms with E-state index in [4.69, 9.17) is 0 Å². The first-order valence-corrected chi connectivity index (χ1v) is 11.2. The van der Waals surface area contributed by atoms with Crippen molar-refractivity contribution in [3.63, 3.8) is 0 Å². The molecule has 10 heteroatoms. The van der Waals surface area contributed by atoms with Gasteiger partial charge >= 0.3 is 0 Å². The zero-order valence-electron chi connectivity index (χ0n) is 16.0. The van der Waals surface area contributed by atoms with E-state index in [9.17, 15) is 13.2 Å². The molecule has 0 aliphatic heterocycles. The van der Waals surface area contributed by atoms with Gasteiger partial charge in [0.05, 0.1) is 10.6 Å². The number of anilines is 1. The number of amides is 1. The number of aromatic nitrogens is 3. The van der Waals surface area contributed by atoms with Gasteiger partial charge in [0.25, 0.3) is 0 Å². The molecular weight excluding hydrogens is 386 g/mol. The Hall–Kier alpha value is -1.91. The van der Waals surface area contributed by atoms with Gasteiger partial charge in [-0.2, -0.15) is 4.31 Å². The number of hydrogen-bond acceptors (Lipinski definition) is 6. The molecule has 0 saturated heterocycles. The van der Waals surface area contributed by atoms with Crippen LogP contribution in [0, 0.1) is 6.92 Å². The molecule has 0 bridgehead atoms. The number of carbonyl (C=O) groups is 1. The standard InChI is InChI=1S/C17H25N5O3S2/c1-5-21-12-18-20-17(21)26-11-16(23)19-14-9-8-13(4)15(10-14)27(24,25)22(6-2)7-3/h8-10,12H,5-7,11H2,1-4H3,(H,19,23). The van der Waals surface area contributed by atoms with Gasteiger partial charge in [0.1, 0.15) is 6.33 Å². The largest absolute Gasteiger partial charge is 0.325 e. The Kier molecular flexibility index (Phi) is 7.40. The zero-order valence-corrected chi connectivity index (χ0v) is 17.6. The number of nitrogens with zero attached hydrogens (tertiary/aromatic N) is 4. The van der Waals surface area contributed by atoms with Crippen molar-refractivity contribution in [1.82, 2.24) is 19.1 Å². The van der Waals surface area contributed by atoms with Crippen molar-refractivity contribution in [2.75, 3.05) is 24.2 Å². The van der Waals surface area contributed by atoms with Crippen LogP contribution in [-0.2, 0) is 21.4 Å². The van der Waals surface area contributed by atoms with Crippen molar-refractivity contribution in [2.45, 2.75) is 44.3 Å². The van der Waals surface area contributed by atoms with Gasteiger partial charge in [0.15, 0.2) is 5.16 Å². The highest BCUT2D eigenvalue weighted by Crippen LogP contribution is 2.24. The van der Waals surface area contributed by atoms with Crippen molar-refractivity contribution in [3.8, 4) is 0 Å². The molecule has 1 aromatic heterocycles. The summed E-state index contributed by atoms with van der Waals surface area (Å²) >= 11 is 1.28. The summed E-state index contributed by atoms with van der Waals surface area (Å²) < 4.78 is 28.8. The normalized spacial score (nSPS) is 11.7. The third-order valence-electron chi connectivity index (χ3n) is 4.05. The number of thioether (sulfide) groups is 1. The number of nitrogens with one attached hydrogen (secondary N) is 1. The highest BCUT2D eigenvalue weighted by Gasteiger charge is 2.24. The molecule has 1 aromatic carbocycles. The molecule has 0 spiro atoms. The van der Waals surface area contributed by atoms with Gasteiger partial charge in [-0.25, -0.2) is 8.42 Å². The molecule has 0 aliphatic carbocycles. The molecule has 8 nitrogen and oxygen atoms in total. The molecule has 0 aliphatic rings. The monoisotopic (exact) mass is 411 g/mol. The molecule has 0 fully saturated rings. The summed E-state index contributed by atoms with van der Waals surface area (Å²) in [7, 11) is -3.59. The Morgan fingerprint density at radius 3 is 2.59 bits per heavy atom. The summed E-state index contributed by atoms with van der Waals surface area (Å²) in [5.41, 5.74) is 1.10. The predicted octanol–water partition coefficient (Wildman–Crippen LogP) is 2.37. The van der Waals surface area contributed by atoms with E-state index in [0.717, 1.165) is 6.54 Å². The van der Waals surface area contributed by atoms with Crippen molar-refractivity contribution >= 4 is 33.4 Å². The molecule has 148 valence electrons. The van der Waals surface area contributed by atoms with E-state index in [1.807, 2.05) is 11.5 Å². The average Bonchev–Trinajstić information content (AvgIpc) is 3.10. The summed E-state index contributed by atoms with van der Waals surface area (Å²) in [5, 5.41) is 11.2. The van der Waals surface area contributed by atoms with Crippen LogP contribution in [0.5, 0.6) is 0 Å². The minimum atomic E-state index is -3.59. The fourth-order valence-corrected chi connectivity index (χ4v) is 5.05. The second-order valence-electron chi connectivity index (χ2n) is 5.81. The SMILES string of the molecule is CCN(CC)S(=O)(=O)c1cc(NC(=O)CSc2nncn2CC)ccc1C. The second-order valence-corrected chi connectivity index (χ2v) is 8.65. The van der Waals surface area contributed by atoms with Gasteiger partial charge in [0.2, 0.25) is 15.9 Å². The summed E-state index contributed by atoms with van der Waals surface area (Å²) in [6, 6.07) is 4.92. The highest BCUT2D eigenvalue weighted by molar-refractivity contribution is 7.99. The number of hydrogen-bond donors (Lipinski definition) is 1. The lowest BCUT2D eigenvalue weighted by molar-refractivity contribution is -0.113. The number of benzene rings is 1. The Bertz CT molecular complexity index is 892. The summed E-state index contributed by atoms with van der Waals surface area (Å²) in [4.78, 5) is 12.5. The van der Waals surface area contributed by atoms with Gasteiger partial charge < -0.3 is 9.88 Å². The van der Waals surface area contributed by atoms with Crippen LogP contribution >= 0.6 is 11.8 Å². The fraction of sp³-hybridized carbons (Fsp3) is 0.471. The third kappa shape index (κ3) is 5.08. The van der Waals surface area contributed by atoms with Gasteiger partial charge in [-0.3, -0.25) is 4.79 Å². The van der Waals surface area contributed by atoms with Gasteiger partial charge in [-0.05, 0) is 31.5 Å². The van der Waals surface area contributed by atoms with E-state index >= 15 is 0 Å². The molecule has 1 amide bonds. The Morgan fingerprint density at radius 2 is 1.96 bits per heavy atom. The van der Waals surface area contributed by atoms with Crippen LogP contribution in [0.3, 0.4) is 0 Å². The summed E-state index contributed by atoms with van der Waals surface area (Å²) in [5.74, 6) is -0.0780. The molecule has 1 N–H and O–H groups in total. The maximum absolute atomic E-state index is 12.8. The Morgan fingerprint density at radius 1 is 1.26 bits per heavy atom. The van der Waals surface area contributed by atoms with Crippen LogP contribution in [0.2, 0.25) is 0 Å². The maximum atomic E-state index is 12.8. The molecule has 2 rings (SSSR count). The molecule has 0 unspecified atom stereocenters. The lowest BCUT2D eigenvalue weighted by atomic mass is 10.2. The van der Waals surface area contributed by atoms with Crippen molar-refractivity contribution in [1.29, 1.82) is 0 Å². The minimum Gasteiger partial charge on any atom is -0.325 e. The van der Waals surface area contributed by atoms with Crippen LogP contribution in [0.25, 0.3) is 0 Å². The lowest BCUT2D eigenvalue weighted by Crippen LogP contribution is -2.31. The van der Waals surface area contributed by atoms with Crippen LogP contribution in [0.15, 0.2) is 34.6 Å². The van der Waals surface area contributed by atoms with Crippen LogP contribution in [0.1, 0.15) is 26.3 Å². The molecular formula is C17H25N5O3S2. The topological polar surface area (TPSA) is 97.2 Å². The number of carbonyl (C=O) groups excluding carboxylic acids is 1. The van der Waals surface area contributed by atoms with Crippen molar-refractivity contribution in [2.24, 2.45) is 0 Å². The zero-order chi connectivity index (χ0) is 20.0. The molecule has 0 atom stereocenters. The van der Waals surface area contributed by atoms with E-state index in [1.54, 1.807) is 39.2 Å². The third-order valence-corrected chi connectivity index (χ3v) is 7.22. The quantitative estimate of drug-likeness (QED) is 0.636. The lowest BCUT2D eigenvalue weighted by Gasteiger charge is -2.20. The van der Waals surface area contributed by atoms with E-state index in [-0.39, 0.29) is 16.6 Å². The van der Waals surface area contributed by atoms with Crippen molar-refractivity contribution in [3.05, 3.63) is 30.1 Å². The fourth-order valence-electron chi connectivity index (χ4n) is 2.56. The van der Waals surface area contributed by atoms with E-state index in [0.29, 0.717) is 29.5 Å². The Balaban J connectivity index is 2.12. The number of rotatable bonds is 9. The number of aryl methyl sites for hydroxylation is 2. The molecule has 2 aromatic rings.